The SMILES string of the molecule is Fc1cc(Br)cc(F)c1Nc1nnc(CCl)o1. The van der Waals surface area contributed by atoms with Gasteiger partial charge in [0.25, 0.3) is 0 Å². The van der Waals surface area contributed by atoms with Crippen LogP contribution in [0.3, 0.4) is 0 Å². The van der Waals surface area contributed by atoms with E-state index < -0.39 is 11.6 Å². The molecule has 0 spiro atoms. The van der Waals surface area contributed by atoms with Crippen LogP contribution < -0.4 is 5.32 Å². The van der Waals surface area contributed by atoms with Gasteiger partial charge in [-0.1, -0.05) is 21.0 Å². The van der Waals surface area contributed by atoms with E-state index in [-0.39, 0.29) is 23.5 Å². The largest absolute Gasteiger partial charge is 0.407 e. The number of anilines is 2. The lowest BCUT2D eigenvalue weighted by atomic mass is 10.3. The highest BCUT2D eigenvalue weighted by atomic mass is 79.9. The monoisotopic (exact) mass is 323 g/mol. The molecule has 4 nitrogen and oxygen atoms in total. The molecule has 1 N–H and O–H groups in total. The Morgan fingerprint density at radius 3 is 2.47 bits per heavy atom. The van der Waals surface area contributed by atoms with Gasteiger partial charge in [-0.3, -0.25) is 0 Å². The van der Waals surface area contributed by atoms with Gasteiger partial charge in [0.2, 0.25) is 5.89 Å². The summed E-state index contributed by atoms with van der Waals surface area (Å²) in [6, 6.07) is 2.11. The highest BCUT2D eigenvalue weighted by Crippen LogP contribution is 2.26. The summed E-state index contributed by atoms with van der Waals surface area (Å²) >= 11 is 8.42. The Labute approximate surface area is 108 Å². The molecule has 0 atom stereocenters. The van der Waals surface area contributed by atoms with E-state index in [1.165, 1.54) is 0 Å². The van der Waals surface area contributed by atoms with Crippen molar-refractivity contribution in [3.8, 4) is 0 Å². The zero-order valence-corrected chi connectivity index (χ0v) is 10.5. The zero-order chi connectivity index (χ0) is 12.4. The Morgan fingerprint density at radius 1 is 1.29 bits per heavy atom. The first kappa shape index (κ1) is 12.3. The third-order valence-electron chi connectivity index (χ3n) is 1.82. The molecule has 90 valence electrons. The van der Waals surface area contributed by atoms with Gasteiger partial charge in [-0.05, 0) is 12.1 Å². The van der Waals surface area contributed by atoms with E-state index in [9.17, 15) is 8.78 Å². The Hall–Kier alpha value is -1.21. The Bertz CT molecular complexity index is 526. The second-order valence-corrected chi connectivity index (χ2v) is 4.19. The molecule has 0 aliphatic rings. The second-order valence-electron chi connectivity index (χ2n) is 3.00. The van der Waals surface area contributed by atoms with Gasteiger partial charge in [0.05, 0.1) is 0 Å². The summed E-state index contributed by atoms with van der Waals surface area (Å²) < 4.78 is 32.1. The maximum Gasteiger partial charge on any atom is 0.320 e. The van der Waals surface area contributed by atoms with Crippen LogP contribution in [0.2, 0.25) is 0 Å². The lowest BCUT2D eigenvalue weighted by Gasteiger charge is -2.04. The Morgan fingerprint density at radius 2 is 1.94 bits per heavy atom. The number of nitrogens with zero attached hydrogens (tertiary/aromatic N) is 2. The zero-order valence-electron chi connectivity index (χ0n) is 8.18. The molecule has 1 aromatic carbocycles. The van der Waals surface area contributed by atoms with Crippen LogP contribution in [0, 0.1) is 11.6 Å². The third-order valence-corrected chi connectivity index (χ3v) is 2.51. The molecule has 0 aliphatic heterocycles. The second kappa shape index (κ2) is 4.97. The molecule has 17 heavy (non-hydrogen) atoms. The van der Waals surface area contributed by atoms with Gasteiger partial charge in [0.1, 0.15) is 11.6 Å². The summed E-state index contributed by atoms with van der Waals surface area (Å²) in [7, 11) is 0. The van der Waals surface area contributed by atoms with Gasteiger partial charge in [-0.2, -0.15) is 0 Å². The van der Waals surface area contributed by atoms with Crippen LogP contribution in [0.1, 0.15) is 5.89 Å². The van der Waals surface area contributed by atoms with E-state index in [4.69, 9.17) is 16.0 Å². The van der Waals surface area contributed by atoms with Gasteiger partial charge in [-0.25, -0.2) is 8.78 Å². The van der Waals surface area contributed by atoms with E-state index in [2.05, 4.69) is 31.4 Å². The minimum atomic E-state index is -0.775. The van der Waals surface area contributed by atoms with Crippen LogP contribution in [0.15, 0.2) is 21.0 Å². The van der Waals surface area contributed by atoms with Crippen molar-refractivity contribution >= 4 is 39.2 Å². The van der Waals surface area contributed by atoms with Crippen molar-refractivity contribution in [2.45, 2.75) is 5.88 Å². The molecule has 0 fully saturated rings. The highest BCUT2D eigenvalue weighted by Gasteiger charge is 2.13. The summed E-state index contributed by atoms with van der Waals surface area (Å²) in [5, 5.41) is 9.42. The average Bonchev–Trinajstić information content (AvgIpc) is 2.71. The maximum absolute atomic E-state index is 13.4. The van der Waals surface area contributed by atoms with Gasteiger partial charge < -0.3 is 9.73 Å². The molecule has 2 aromatic rings. The van der Waals surface area contributed by atoms with Crippen molar-refractivity contribution < 1.29 is 13.2 Å². The fourth-order valence-corrected chi connectivity index (χ4v) is 1.64. The molecule has 0 unspecified atom stereocenters. The standard InChI is InChI=1S/C9H5BrClF2N3O/c10-4-1-5(12)8(6(13)2-4)14-9-16-15-7(3-11)17-9/h1-2H,3H2,(H,14,16). The first-order valence-electron chi connectivity index (χ1n) is 4.40. The third kappa shape index (κ3) is 2.73. The van der Waals surface area contributed by atoms with Crippen LogP contribution in [-0.2, 0) is 5.88 Å². The van der Waals surface area contributed by atoms with E-state index in [0.717, 1.165) is 12.1 Å². The Kier molecular flexibility index (Phi) is 3.58. The van der Waals surface area contributed by atoms with Crippen molar-refractivity contribution in [1.29, 1.82) is 0 Å². The van der Waals surface area contributed by atoms with E-state index in [1.807, 2.05) is 0 Å². The van der Waals surface area contributed by atoms with Crippen LogP contribution in [0.4, 0.5) is 20.5 Å². The van der Waals surface area contributed by atoms with Crippen molar-refractivity contribution in [2.24, 2.45) is 0 Å². The summed E-state index contributed by atoms with van der Waals surface area (Å²) in [5.74, 6) is -1.36. The number of hydrogen-bond donors (Lipinski definition) is 1. The predicted molar refractivity (Wildman–Crippen MR) is 61.2 cm³/mol. The van der Waals surface area contributed by atoms with Crippen molar-refractivity contribution in [2.75, 3.05) is 5.32 Å². The topological polar surface area (TPSA) is 51.0 Å². The quantitative estimate of drug-likeness (QED) is 0.877. The maximum atomic E-state index is 13.4. The molecule has 0 saturated heterocycles. The first-order chi connectivity index (χ1) is 8.10. The van der Waals surface area contributed by atoms with Crippen LogP contribution in [0.25, 0.3) is 0 Å². The molecular weight excluding hydrogens is 319 g/mol. The van der Waals surface area contributed by atoms with E-state index >= 15 is 0 Å². The minimum Gasteiger partial charge on any atom is -0.407 e. The number of hydrogen-bond acceptors (Lipinski definition) is 4. The molecule has 0 amide bonds. The molecule has 0 aliphatic carbocycles. The number of rotatable bonds is 3. The van der Waals surface area contributed by atoms with Gasteiger partial charge in [0.15, 0.2) is 11.6 Å². The molecule has 0 radical (unpaired) electrons. The number of alkyl halides is 1. The number of nitrogens with one attached hydrogen (secondary N) is 1. The lowest BCUT2D eigenvalue weighted by Crippen LogP contribution is -1.98. The van der Waals surface area contributed by atoms with Crippen molar-refractivity contribution in [3.05, 3.63) is 34.1 Å². The van der Waals surface area contributed by atoms with E-state index in [0.29, 0.717) is 4.47 Å². The van der Waals surface area contributed by atoms with Crippen LogP contribution >= 0.6 is 27.5 Å². The summed E-state index contributed by atoms with van der Waals surface area (Å²) in [5.41, 5.74) is -0.363. The molecule has 1 aromatic heterocycles. The van der Waals surface area contributed by atoms with Gasteiger partial charge >= 0.3 is 6.01 Å². The smallest absolute Gasteiger partial charge is 0.320 e. The van der Waals surface area contributed by atoms with E-state index in [1.54, 1.807) is 0 Å². The fraction of sp³-hybridized carbons (Fsp3) is 0.111. The number of benzene rings is 1. The highest BCUT2D eigenvalue weighted by molar-refractivity contribution is 9.10. The van der Waals surface area contributed by atoms with Crippen LogP contribution in [0.5, 0.6) is 0 Å². The number of aromatic nitrogens is 2. The fourth-order valence-electron chi connectivity index (χ4n) is 1.13. The van der Waals surface area contributed by atoms with Crippen molar-refractivity contribution in [1.82, 2.24) is 10.2 Å². The average molecular weight is 325 g/mol. The Balaban J connectivity index is 2.29. The summed E-state index contributed by atoms with van der Waals surface area (Å²) in [4.78, 5) is 0. The first-order valence-corrected chi connectivity index (χ1v) is 5.73. The van der Waals surface area contributed by atoms with Gasteiger partial charge in [0, 0.05) is 4.47 Å². The van der Waals surface area contributed by atoms with Crippen LogP contribution in [-0.4, -0.2) is 10.2 Å². The summed E-state index contributed by atoms with van der Waals surface area (Å²) in [6.45, 7) is 0. The van der Waals surface area contributed by atoms with Crippen molar-refractivity contribution in [3.63, 3.8) is 0 Å². The molecule has 1 heterocycles. The van der Waals surface area contributed by atoms with Gasteiger partial charge in [-0.15, -0.1) is 16.7 Å². The normalized spacial score (nSPS) is 10.6. The molecule has 8 heteroatoms. The lowest BCUT2D eigenvalue weighted by molar-refractivity contribution is 0.526. The molecule has 0 saturated carbocycles. The molecular formula is C9H5BrClF2N3O. The summed E-state index contributed by atoms with van der Waals surface area (Å²) in [6.07, 6.45) is 0. The number of halogens is 4. The molecule has 0 bridgehead atoms. The predicted octanol–water partition coefficient (Wildman–Crippen LogP) is 3.59. The molecule has 2 rings (SSSR count). The minimum absolute atomic E-state index is 0.0278.